The predicted molar refractivity (Wildman–Crippen MR) is 121 cm³/mol. The monoisotopic (exact) mass is 487 g/mol. The Morgan fingerprint density at radius 3 is 2.48 bits per heavy atom. The van der Waals surface area contributed by atoms with Gasteiger partial charge in [0.1, 0.15) is 12.3 Å². The number of nitrogens with zero attached hydrogens (tertiary/aromatic N) is 2. The third-order valence-electron chi connectivity index (χ3n) is 5.22. The Morgan fingerprint density at radius 1 is 1.24 bits per heavy atom. The fourth-order valence-corrected chi connectivity index (χ4v) is 5.77. The van der Waals surface area contributed by atoms with Crippen LogP contribution in [0, 0.1) is 10.1 Å². The lowest BCUT2D eigenvalue weighted by Crippen LogP contribution is -2.60. The van der Waals surface area contributed by atoms with Gasteiger partial charge in [-0.15, -0.1) is 0 Å². The number of halogens is 1. The molecule has 11 heteroatoms. The number of β-lactam (4-membered cyclic amide) rings is 1. The lowest BCUT2D eigenvalue weighted by molar-refractivity contribution is -0.384. The molecule has 0 radical (unpaired) electrons. The van der Waals surface area contributed by atoms with Crippen molar-refractivity contribution in [2.75, 3.05) is 0 Å². The summed E-state index contributed by atoms with van der Waals surface area (Å²) < 4.78 is 5.41. The Balaban J connectivity index is 1.68. The quantitative estimate of drug-likeness (QED) is 0.287. The third-order valence-corrected chi connectivity index (χ3v) is 7.34. The SMILES string of the molecule is CC(=O)NC1(c2ccccc2)S[C@@H]2CC(=O)N2C(C(=O)OCc2ccc([N+](=O)[O-])cc2)=C1Cl. The number of fused-ring (bicyclic) bond motifs is 1. The Bertz CT molecular complexity index is 1170. The van der Waals surface area contributed by atoms with Gasteiger partial charge in [-0.3, -0.25) is 24.6 Å². The number of nitro benzene ring substituents is 1. The molecule has 1 fully saturated rings. The fourth-order valence-electron chi connectivity index (χ4n) is 3.67. The molecule has 33 heavy (non-hydrogen) atoms. The van der Waals surface area contributed by atoms with Crippen LogP contribution in [0.15, 0.2) is 65.3 Å². The number of nitro groups is 1. The van der Waals surface area contributed by atoms with Crippen LogP contribution in [0.2, 0.25) is 0 Å². The van der Waals surface area contributed by atoms with E-state index in [1.807, 2.05) is 6.07 Å². The number of esters is 1. The number of rotatable bonds is 6. The highest BCUT2D eigenvalue weighted by atomic mass is 35.5. The van der Waals surface area contributed by atoms with Crippen LogP contribution in [0.25, 0.3) is 0 Å². The van der Waals surface area contributed by atoms with Crippen LogP contribution in [-0.2, 0) is 30.6 Å². The van der Waals surface area contributed by atoms with Gasteiger partial charge >= 0.3 is 5.97 Å². The average molecular weight is 488 g/mol. The van der Waals surface area contributed by atoms with Gasteiger partial charge in [0, 0.05) is 19.1 Å². The maximum absolute atomic E-state index is 13.1. The molecule has 2 aliphatic heterocycles. The van der Waals surface area contributed by atoms with Crippen molar-refractivity contribution < 1.29 is 24.0 Å². The van der Waals surface area contributed by atoms with E-state index in [0.717, 1.165) is 0 Å². The molecule has 0 aliphatic carbocycles. The van der Waals surface area contributed by atoms with Crippen molar-refractivity contribution >= 4 is 46.8 Å². The summed E-state index contributed by atoms with van der Waals surface area (Å²) in [6.45, 7) is 1.17. The van der Waals surface area contributed by atoms with Crippen LogP contribution in [0.5, 0.6) is 0 Å². The summed E-state index contributed by atoms with van der Waals surface area (Å²) in [6, 6.07) is 14.5. The highest BCUT2D eigenvalue weighted by molar-refractivity contribution is 8.01. The molecule has 0 spiro atoms. The minimum absolute atomic E-state index is 0.0353. The lowest BCUT2D eigenvalue weighted by Gasteiger charge is -2.50. The number of benzene rings is 2. The van der Waals surface area contributed by atoms with Gasteiger partial charge in [0.2, 0.25) is 11.8 Å². The minimum Gasteiger partial charge on any atom is -0.456 e. The van der Waals surface area contributed by atoms with Crippen molar-refractivity contribution in [2.45, 2.75) is 30.2 Å². The molecule has 0 saturated carbocycles. The van der Waals surface area contributed by atoms with E-state index in [2.05, 4.69) is 5.32 Å². The number of non-ortho nitro benzene ring substituents is 1. The van der Waals surface area contributed by atoms with Gasteiger partial charge < -0.3 is 10.1 Å². The molecule has 2 amide bonds. The van der Waals surface area contributed by atoms with E-state index in [4.69, 9.17) is 16.3 Å². The van der Waals surface area contributed by atoms with E-state index in [9.17, 15) is 24.5 Å². The largest absolute Gasteiger partial charge is 0.456 e. The number of amides is 2. The second-order valence-electron chi connectivity index (χ2n) is 7.43. The standard InChI is InChI=1S/C22H18ClN3O6S/c1-13(27)24-22(15-5-3-2-4-6-15)20(23)19(25-17(28)11-18(25)33-22)21(29)32-12-14-7-9-16(10-8-14)26(30)31/h2-10,18H,11-12H2,1H3,(H,24,27)/t18-,22?/m1/s1. The summed E-state index contributed by atoms with van der Waals surface area (Å²) in [4.78, 5) is 47.9. The molecule has 2 heterocycles. The first-order valence-corrected chi connectivity index (χ1v) is 11.1. The normalized spacial score (nSPS) is 21.7. The van der Waals surface area contributed by atoms with Crippen molar-refractivity contribution in [3.05, 3.63) is 86.6 Å². The van der Waals surface area contributed by atoms with Crippen molar-refractivity contribution in [1.82, 2.24) is 10.2 Å². The minimum atomic E-state index is -1.27. The molecular formula is C22H18ClN3O6S. The molecule has 1 N–H and O–H groups in total. The molecule has 1 unspecified atom stereocenters. The lowest BCUT2D eigenvalue weighted by atomic mass is 10.0. The van der Waals surface area contributed by atoms with E-state index in [1.165, 1.54) is 47.9 Å². The molecule has 170 valence electrons. The summed E-state index contributed by atoms with van der Waals surface area (Å²) in [5.41, 5.74) is 0.960. The number of carbonyl (C=O) groups excluding carboxylic acids is 3. The van der Waals surface area contributed by atoms with E-state index in [0.29, 0.717) is 11.1 Å². The Kier molecular flexibility index (Phi) is 6.13. The summed E-state index contributed by atoms with van der Waals surface area (Å²) in [5.74, 6) is -1.47. The van der Waals surface area contributed by atoms with Crippen LogP contribution in [-0.4, -0.2) is 33.0 Å². The van der Waals surface area contributed by atoms with Gasteiger partial charge in [-0.25, -0.2) is 4.79 Å². The Hall–Kier alpha value is -3.37. The third kappa shape index (κ3) is 4.19. The smallest absolute Gasteiger partial charge is 0.356 e. The Morgan fingerprint density at radius 2 is 1.91 bits per heavy atom. The van der Waals surface area contributed by atoms with Crippen molar-refractivity contribution in [3.63, 3.8) is 0 Å². The molecule has 9 nitrogen and oxygen atoms in total. The summed E-state index contributed by atoms with van der Waals surface area (Å²) in [7, 11) is 0. The number of carbonyl (C=O) groups is 3. The van der Waals surface area contributed by atoms with Gasteiger partial charge in [-0.1, -0.05) is 53.7 Å². The van der Waals surface area contributed by atoms with Crippen molar-refractivity contribution in [1.29, 1.82) is 0 Å². The molecular weight excluding hydrogens is 470 g/mol. The first-order chi connectivity index (χ1) is 15.7. The molecule has 2 aromatic carbocycles. The molecule has 1 saturated heterocycles. The summed E-state index contributed by atoms with van der Waals surface area (Å²) in [5, 5.41) is 13.2. The zero-order chi connectivity index (χ0) is 23.8. The molecule has 2 aliphatic rings. The number of hydrogen-bond donors (Lipinski definition) is 1. The highest BCUT2D eigenvalue weighted by Crippen LogP contribution is 2.55. The second kappa shape index (κ2) is 8.87. The first kappa shape index (κ1) is 22.8. The topological polar surface area (TPSA) is 119 Å². The summed E-state index contributed by atoms with van der Waals surface area (Å²) in [6.07, 6.45) is 0.183. The molecule has 2 atom stereocenters. The van der Waals surface area contributed by atoms with Crippen molar-refractivity contribution in [3.8, 4) is 0 Å². The van der Waals surface area contributed by atoms with Gasteiger partial charge in [-0.05, 0) is 23.3 Å². The predicted octanol–water partition coefficient (Wildman–Crippen LogP) is 3.38. The van der Waals surface area contributed by atoms with Crippen LogP contribution >= 0.6 is 23.4 Å². The Labute approximate surface area is 197 Å². The molecule has 2 aromatic rings. The van der Waals surface area contributed by atoms with Crippen LogP contribution in [0.1, 0.15) is 24.5 Å². The zero-order valence-electron chi connectivity index (χ0n) is 17.3. The van der Waals surface area contributed by atoms with Crippen LogP contribution in [0.3, 0.4) is 0 Å². The van der Waals surface area contributed by atoms with E-state index in [1.54, 1.807) is 24.3 Å². The second-order valence-corrected chi connectivity index (χ2v) is 9.20. The molecule has 0 bridgehead atoms. The maximum Gasteiger partial charge on any atom is 0.356 e. The van der Waals surface area contributed by atoms with Gasteiger partial charge in [0.25, 0.3) is 5.69 Å². The number of nitrogens with one attached hydrogen (secondary N) is 1. The highest BCUT2D eigenvalue weighted by Gasteiger charge is 2.56. The van der Waals surface area contributed by atoms with Crippen LogP contribution in [0.4, 0.5) is 5.69 Å². The molecule has 0 aromatic heterocycles. The summed E-state index contributed by atoms with van der Waals surface area (Å²) >= 11 is 8.02. The number of ether oxygens (including phenoxy) is 1. The average Bonchev–Trinajstić information content (AvgIpc) is 2.79. The van der Waals surface area contributed by atoms with Gasteiger partial charge in [0.05, 0.1) is 21.8 Å². The number of hydrogen-bond acceptors (Lipinski definition) is 7. The van der Waals surface area contributed by atoms with Gasteiger partial charge in [-0.2, -0.15) is 0 Å². The maximum atomic E-state index is 13.1. The van der Waals surface area contributed by atoms with Crippen LogP contribution < -0.4 is 5.32 Å². The van der Waals surface area contributed by atoms with Gasteiger partial charge in [0.15, 0.2) is 4.87 Å². The fraction of sp³-hybridized carbons (Fsp3) is 0.227. The molecule has 4 rings (SSSR count). The van der Waals surface area contributed by atoms with E-state index in [-0.39, 0.29) is 41.3 Å². The van der Waals surface area contributed by atoms with E-state index >= 15 is 0 Å². The zero-order valence-corrected chi connectivity index (χ0v) is 18.9. The number of thioether (sulfide) groups is 1. The van der Waals surface area contributed by atoms with Crippen molar-refractivity contribution in [2.24, 2.45) is 0 Å². The first-order valence-electron chi connectivity index (χ1n) is 9.88. The van der Waals surface area contributed by atoms with E-state index < -0.39 is 21.1 Å².